The molecular formula is C12H14ClN3O. The van der Waals surface area contributed by atoms with Crippen LogP contribution in [0.3, 0.4) is 0 Å². The highest BCUT2D eigenvalue weighted by molar-refractivity contribution is 6.30. The molecule has 90 valence electrons. The molecule has 1 aromatic carbocycles. The van der Waals surface area contributed by atoms with Gasteiger partial charge in [-0.2, -0.15) is 5.10 Å². The number of halogens is 1. The SMILES string of the molecule is COc1ccc(Cl)cc1-c1n[nH]c(C(C)C)n1. The van der Waals surface area contributed by atoms with Gasteiger partial charge in [0.2, 0.25) is 0 Å². The van der Waals surface area contributed by atoms with Crippen molar-refractivity contribution in [1.29, 1.82) is 0 Å². The Labute approximate surface area is 105 Å². The molecule has 0 bridgehead atoms. The van der Waals surface area contributed by atoms with Gasteiger partial charge in [0.05, 0.1) is 12.7 Å². The minimum Gasteiger partial charge on any atom is -0.496 e. The molecule has 0 aliphatic carbocycles. The standard InChI is InChI=1S/C12H14ClN3O/c1-7(2)11-14-12(16-15-11)9-6-8(13)4-5-10(9)17-3/h4-7H,1-3H3,(H,14,15,16). The van der Waals surface area contributed by atoms with Gasteiger partial charge in [-0.3, -0.25) is 5.10 Å². The van der Waals surface area contributed by atoms with Gasteiger partial charge in [-0.15, -0.1) is 0 Å². The number of aromatic nitrogens is 3. The lowest BCUT2D eigenvalue weighted by atomic mass is 10.2. The van der Waals surface area contributed by atoms with Crippen LogP contribution in [0.1, 0.15) is 25.6 Å². The van der Waals surface area contributed by atoms with Crippen molar-refractivity contribution >= 4 is 11.6 Å². The van der Waals surface area contributed by atoms with E-state index in [0.29, 0.717) is 22.5 Å². The minimum atomic E-state index is 0.307. The highest BCUT2D eigenvalue weighted by Crippen LogP contribution is 2.30. The molecule has 0 aliphatic rings. The number of nitrogens with zero attached hydrogens (tertiary/aromatic N) is 2. The van der Waals surface area contributed by atoms with Crippen molar-refractivity contribution in [2.75, 3.05) is 7.11 Å². The molecule has 17 heavy (non-hydrogen) atoms. The second kappa shape index (κ2) is 4.75. The monoisotopic (exact) mass is 251 g/mol. The Morgan fingerprint density at radius 3 is 2.71 bits per heavy atom. The highest BCUT2D eigenvalue weighted by atomic mass is 35.5. The Bertz CT molecular complexity index is 522. The van der Waals surface area contributed by atoms with Crippen LogP contribution in [0.4, 0.5) is 0 Å². The molecule has 0 saturated carbocycles. The van der Waals surface area contributed by atoms with Crippen LogP contribution >= 0.6 is 11.6 Å². The number of nitrogens with one attached hydrogen (secondary N) is 1. The number of hydrogen-bond acceptors (Lipinski definition) is 3. The van der Waals surface area contributed by atoms with Gasteiger partial charge in [0.15, 0.2) is 5.82 Å². The van der Waals surface area contributed by atoms with E-state index < -0.39 is 0 Å². The second-order valence-corrected chi connectivity index (χ2v) is 4.48. The van der Waals surface area contributed by atoms with Crippen LogP contribution in [0.25, 0.3) is 11.4 Å². The van der Waals surface area contributed by atoms with E-state index in [2.05, 4.69) is 29.0 Å². The maximum atomic E-state index is 5.97. The lowest BCUT2D eigenvalue weighted by Gasteiger charge is -2.05. The maximum absolute atomic E-state index is 5.97. The van der Waals surface area contributed by atoms with Gasteiger partial charge in [-0.05, 0) is 18.2 Å². The van der Waals surface area contributed by atoms with Crippen LogP contribution in [-0.2, 0) is 0 Å². The fourth-order valence-corrected chi connectivity index (χ4v) is 1.68. The summed E-state index contributed by atoms with van der Waals surface area (Å²) >= 11 is 5.97. The summed E-state index contributed by atoms with van der Waals surface area (Å²) < 4.78 is 5.27. The molecule has 1 N–H and O–H groups in total. The van der Waals surface area contributed by atoms with Crippen LogP contribution in [-0.4, -0.2) is 22.3 Å². The van der Waals surface area contributed by atoms with Crippen LogP contribution in [0.2, 0.25) is 5.02 Å². The number of benzene rings is 1. The molecule has 0 amide bonds. The molecular weight excluding hydrogens is 238 g/mol. The molecule has 2 aromatic rings. The maximum Gasteiger partial charge on any atom is 0.184 e. The highest BCUT2D eigenvalue weighted by Gasteiger charge is 2.13. The third-order valence-electron chi connectivity index (χ3n) is 2.45. The first kappa shape index (κ1) is 11.9. The Morgan fingerprint density at radius 1 is 1.35 bits per heavy atom. The Balaban J connectivity index is 2.47. The summed E-state index contributed by atoms with van der Waals surface area (Å²) in [6.07, 6.45) is 0. The minimum absolute atomic E-state index is 0.307. The molecule has 1 heterocycles. The van der Waals surface area contributed by atoms with Crippen LogP contribution in [0.15, 0.2) is 18.2 Å². The van der Waals surface area contributed by atoms with Gasteiger partial charge in [0.1, 0.15) is 11.6 Å². The molecule has 0 fully saturated rings. The van der Waals surface area contributed by atoms with Crippen molar-refractivity contribution in [3.63, 3.8) is 0 Å². The molecule has 1 aromatic heterocycles. The van der Waals surface area contributed by atoms with E-state index in [0.717, 1.165) is 11.4 Å². The zero-order valence-corrected chi connectivity index (χ0v) is 10.7. The van der Waals surface area contributed by atoms with E-state index in [-0.39, 0.29) is 0 Å². The predicted octanol–water partition coefficient (Wildman–Crippen LogP) is 3.26. The van der Waals surface area contributed by atoms with Gasteiger partial charge in [0, 0.05) is 10.9 Å². The molecule has 0 spiro atoms. The summed E-state index contributed by atoms with van der Waals surface area (Å²) in [5.41, 5.74) is 0.795. The Morgan fingerprint density at radius 2 is 2.12 bits per heavy atom. The molecule has 0 atom stereocenters. The molecule has 0 saturated heterocycles. The van der Waals surface area contributed by atoms with Gasteiger partial charge < -0.3 is 4.74 Å². The van der Waals surface area contributed by atoms with Crippen molar-refractivity contribution < 1.29 is 4.74 Å². The van der Waals surface area contributed by atoms with Crippen molar-refractivity contribution in [3.8, 4) is 17.1 Å². The first-order chi connectivity index (χ1) is 8.11. The lowest BCUT2D eigenvalue weighted by molar-refractivity contribution is 0.416. The lowest BCUT2D eigenvalue weighted by Crippen LogP contribution is -1.91. The molecule has 5 heteroatoms. The van der Waals surface area contributed by atoms with E-state index >= 15 is 0 Å². The molecule has 0 unspecified atom stereocenters. The molecule has 2 rings (SSSR count). The van der Waals surface area contributed by atoms with Crippen LogP contribution < -0.4 is 4.74 Å². The average molecular weight is 252 g/mol. The van der Waals surface area contributed by atoms with Crippen molar-refractivity contribution in [2.45, 2.75) is 19.8 Å². The van der Waals surface area contributed by atoms with E-state index in [1.54, 1.807) is 19.2 Å². The summed E-state index contributed by atoms with van der Waals surface area (Å²) in [4.78, 5) is 4.42. The Hall–Kier alpha value is -1.55. The predicted molar refractivity (Wildman–Crippen MR) is 67.5 cm³/mol. The molecule has 4 nitrogen and oxygen atoms in total. The van der Waals surface area contributed by atoms with Gasteiger partial charge >= 0.3 is 0 Å². The van der Waals surface area contributed by atoms with Crippen molar-refractivity contribution in [1.82, 2.24) is 15.2 Å². The first-order valence-electron chi connectivity index (χ1n) is 5.38. The number of hydrogen-bond donors (Lipinski definition) is 1. The number of rotatable bonds is 3. The third-order valence-corrected chi connectivity index (χ3v) is 2.69. The number of aromatic amines is 1. The fourth-order valence-electron chi connectivity index (χ4n) is 1.51. The van der Waals surface area contributed by atoms with Crippen molar-refractivity contribution in [3.05, 3.63) is 29.0 Å². The second-order valence-electron chi connectivity index (χ2n) is 4.04. The smallest absolute Gasteiger partial charge is 0.184 e. The van der Waals surface area contributed by atoms with Gasteiger partial charge in [-0.1, -0.05) is 25.4 Å². The normalized spacial score (nSPS) is 10.9. The van der Waals surface area contributed by atoms with E-state index in [1.165, 1.54) is 0 Å². The largest absolute Gasteiger partial charge is 0.496 e. The zero-order valence-electron chi connectivity index (χ0n) is 9.99. The molecule has 0 radical (unpaired) electrons. The van der Waals surface area contributed by atoms with Crippen molar-refractivity contribution in [2.24, 2.45) is 0 Å². The number of ether oxygens (including phenoxy) is 1. The van der Waals surface area contributed by atoms with Crippen LogP contribution in [0, 0.1) is 0 Å². The topological polar surface area (TPSA) is 50.8 Å². The Kier molecular flexibility index (Phi) is 3.33. The number of H-pyrrole nitrogens is 1. The first-order valence-corrected chi connectivity index (χ1v) is 5.76. The van der Waals surface area contributed by atoms with Crippen LogP contribution in [0.5, 0.6) is 5.75 Å². The zero-order chi connectivity index (χ0) is 12.4. The number of methoxy groups -OCH3 is 1. The average Bonchev–Trinajstić information content (AvgIpc) is 2.78. The summed E-state index contributed by atoms with van der Waals surface area (Å²) in [5.74, 6) is 2.47. The fraction of sp³-hybridized carbons (Fsp3) is 0.333. The van der Waals surface area contributed by atoms with Gasteiger partial charge in [-0.25, -0.2) is 4.98 Å². The third kappa shape index (κ3) is 2.42. The summed E-state index contributed by atoms with van der Waals surface area (Å²) in [7, 11) is 1.61. The summed E-state index contributed by atoms with van der Waals surface area (Å²) in [6, 6.07) is 5.39. The quantitative estimate of drug-likeness (QED) is 0.911. The summed E-state index contributed by atoms with van der Waals surface area (Å²) in [6.45, 7) is 4.11. The van der Waals surface area contributed by atoms with E-state index in [4.69, 9.17) is 16.3 Å². The molecule has 0 aliphatic heterocycles. The van der Waals surface area contributed by atoms with E-state index in [1.807, 2.05) is 6.07 Å². The van der Waals surface area contributed by atoms with Gasteiger partial charge in [0.25, 0.3) is 0 Å². The summed E-state index contributed by atoms with van der Waals surface area (Å²) in [5, 5.41) is 7.73. The van der Waals surface area contributed by atoms with E-state index in [9.17, 15) is 0 Å².